The Kier molecular flexibility index (Phi) is 6.03. The summed E-state index contributed by atoms with van der Waals surface area (Å²) in [5.41, 5.74) is 1.89. The van der Waals surface area contributed by atoms with Gasteiger partial charge in [0.25, 0.3) is 5.91 Å². The molecule has 28 heavy (non-hydrogen) atoms. The predicted octanol–water partition coefficient (Wildman–Crippen LogP) is 0.281. The van der Waals surface area contributed by atoms with Crippen LogP contribution in [0.4, 0.5) is 4.79 Å². The topological polar surface area (TPSA) is 108 Å². The summed E-state index contributed by atoms with van der Waals surface area (Å²) < 4.78 is 10.7. The number of methoxy groups -OCH3 is 2. The van der Waals surface area contributed by atoms with Crippen molar-refractivity contribution in [1.29, 1.82) is 0 Å². The maximum Gasteiger partial charge on any atom is 0.327 e. The lowest BCUT2D eigenvalue weighted by molar-refractivity contribution is -0.129. The summed E-state index contributed by atoms with van der Waals surface area (Å²) in [6.45, 7) is 0.599. The van der Waals surface area contributed by atoms with Gasteiger partial charge >= 0.3 is 6.03 Å². The fourth-order valence-corrected chi connectivity index (χ4v) is 3.65. The molecule has 4 amide bonds. The van der Waals surface area contributed by atoms with Gasteiger partial charge in [-0.1, -0.05) is 0 Å². The van der Waals surface area contributed by atoms with E-state index in [9.17, 15) is 14.4 Å². The third-order valence-corrected chi connectivity index (χ3v) is 5.08. The normalized spacial score (nSPS) is 18.0. The quantitative estimate of drug-likeness (QED) is 0.617. The number of urea groups is 1. The molecular weight excluding hydrogens is 366 g/mol. The van der Waals surface area contributed by atoms with Crippen molar-refractivity contribution in [3.8, 4) is 11.5 Å². The Labute approximate surface area is 163 Å². The highest BCUT2D eigenvalue weighted by Gasteiger charge is 2.47. The van der Waals surface area contributed by atoms with E-state index in [4.69, 9.17) is 14.6 Å². The molecule has 0 aliphatic carbocycles. The van der Waals surface area contributed by atoms with E-state index in [1.807, 2.05) is 12.1 Å². The number of aliphatic hydroxyl groups excluding tert-OH is 1. The Morgan fingerprint density at radius 3 is 2.54 bits per heavy atom. The number of rotatable bonds is 8. The molecule has 152 valence electrons. The zero-order chi connectivity index (χ0) is 20.3. The van der Waals surface area contributed by atoms with Gasteiger partial charge in [0.05, 0.1) is 20.8 Å². The van der Waals surface area contributed by atoms with Crippen molar-refractivity contribution in [3.05, 3.63) is 23.3 Å². The first kappa shape index (κ1) is 19.9. The maximum atomic E-state index is 12.8. The number of benzene rings is 1. The fraction of sp³-hybridized carbons (Fsp3) is 0.526. The second-order valence-electron chi connectivity index (χ2n) is 6.77. The van der Waals surface area contributed by atoms with E-state index in [0.29, 0.717) is 30.9 Å². The van der Waals surface area contributed by atoms with E-state index < -0.39 is 6.04 Å². The Bertz CT molecular complexity index is 730. The van der Waals surface area contributed by atoms with Gasteiger partial charge in [0.1, 0.15) is 6.04 Å². The number of fused-ring (bicyclic) bond motifs is 2. The van der Waals surface area contributed by atoms with Crippen LogP contribution in [-0.2, 0) is 22.6 Å². The molecule has 0 spiro atoms. The summed E-state index contributed by atoms with van der Waals surface area (Å²) in [4.78, 5) is 39.9. The van der Waals surface area contributed by atoms with Crippen molar-refractivity contribution in [1.82, 2.24) is 15.1 Å². The molecule has 2 aliphatic heterocycles. The lowest BCUT2D eigenvalue weighted by Gasteiger charge is -2.29. The first-order chi connectivity index (χ1) is 13.5. The highest BCUT2D eigenvalue weighted by molar-refractivity contribution is 6.04. The number of imide groups is 1. The van der Waals surface area contributed by atoms with Gasteiger partial charge < -0.3 is 24.8 Å². The molecular formula is C19H25N3O6. The number of ether oxygens (including phenoxy) is 2. The molecule has 0 saturated carbocycles. The fourth-order valence-electron chi connectivity index (χ4n) is 3.65. The zero-order valence-corrected chi connectivity index (χ0v) is 16.1. The molecule has 9 nitrogen and oxygen atoms in total. The third-order valence-electron chi connectivity index (χ3n) is 5.08. The summed E-state index contributed by atoms with van der Waals surface area (Å²) in [6.07, 6.45) is 0.994. The molecule has 1 atom stereocenters. The van der Waals surface area contributed by atoms with Gasteiger partial charge in [-0.15, -0.1) is 0 Å². The molecule has 0 aromatic heterocycles. The molecule has 1 saturated heterocycles. The van der Waals surface area contributed by atoms with Crippen molar-refractivity contribution >= 4 is 17.8 Å². The highest BCUT2D eigenvalue weighted by atomic mass is 16.5. The first-order valence-electron chi connectivity index (χ1n) is 9.23. The van der Waals surface area contributed by atoms with E-state index in [-0.39, 0.29) is 44.0 Å². The van der Waals surface area contributed by atoms with Gasteiger partial charge in [-0.2, -0.15) is 0 Å². The molecule has 0 radical (unpaired) electrons. The molecule has 2 aliphatic rings. The first-order valence-corrected chi connectivity index (χ1v) is 9.23. The van der Waals surface area contributed by atoms with E-state index in [1.165, 1.54) is 4.90 Å². The van der Waals surface area contributed by atoms with Crippen LogP contribution >= 0.6 is 0 Å². The smallest absolute Gasteiger partial charge is 0.327 e. The van der Waals surface area contributed by atoms with Crippen LogP contribution in [0.1, 0.15) is 24.0 Å². The lowest BCUT2D eigenvalue weighted by atomic mass is 9.94. The Morgan fingerprint density at radius 1 is 1.21 bits per heavy atom. The van der Waals surface area contributed by atoms with E-state index in [0.717, 1.165) is 11.1 Å². The van der Waals surface area contributed by atoms with Crippen molar-refractivity contribution in [2.24, 2.45) is 0 Å². The number of carbonyl (C=O) groups excluding carboxylic acids is 3. The Morgan fingerprint density at radius 2 is 1.89 bits per heavy atom. The molecule has 0 unspecified atom stereocenters. The Hall–Kier alpha value is -2.81. The maximum absolute atomic E-state index is 12.8. The van der Waals surface area contributed by atoms with Crippen molar-refractivity contribution in [2.45, 2.75) is 31.8 Å². The molecule has 9 heteroatoms. The van der Waals surface area contributed by atoms with Crippen LogP contribution in [0.5, 0.6) is 11.5 Å². The number of amides is 4. The minimum Gasteiger partial charge on any atom is -0.493 e. The Balaban J connectivity index is 1.67. The number of aliphatic hydroxyl groups is 1. The number of carbonyl (C=O) groups is 3. The largest absolute Gasteiger partial charge is 0.493 e. The monoisotopic (exact) mass is 391 g/mol. The predicted molar refractivity (Wildman–Crippen MR) is 99.0 cm³/mol. The second-order valence-corrected chi connectivity index (χ2v) is 6.77. The van der Waals surface area contributed by atoms with Gasteiger partial charge in [0.2, 0.25) is 5.91 Å². The zero-order valence-electron chi connectivity index (χ0n) is 16.1. The van der Waals surface area contributed by atoms with Crippen LogP contribution in [0.15, 0.2) is 12.1 Å². The lowest BCUT2D eigenvalue weighted by Crippen LogP contribution is -2.40. The third kappa shape index (κ3) is 3.75. The van der Waals surface area contributed by atoms with Crippen molar-refractivity contribution in [3.63, 3.8) is 0 Å². The summed E-state index contributed by atoms with van der Waals surface area (Å²) in [7, 11) is 3.11. The molecule has 1 aromatic carbocycles. The number of hydrogen-bond acceptors (Lipinski definition) is 6. The van der Waals surface area contributed by atoms with Gasteiger partial charge in [0, 0.05) is 32.5 Å². The molecule has 2 heterocycles. The summed E-state index contributed by atoms with van der Waals surface area (Å²) in [6, 6.07) is 2.85. The van der Waals surface area contributed by atoms with E-state index in [2.05, 4.69) is 5.32 Å². The van der Waals surface area contributed by atoms with Crippen LogP contribution in [0.3, 0.4) is 0 Å². The number of nitrogens with one attached hydrogen (secondary N) is 1. The molecule has 3 rings (SSSR count). The minimum atomic E-state index is -0.527. The molecule has 2 N–H and O–H groups in total. The number of hydrogen-bond donors (Lipinski definition) is 2. The van der Waals surface area contributed by atoms with Gasteiger partial charge in [-0.05, 0) is 29.7 Å². The highest BCUT2D eigenvalue weighted by Crippen LogP contribution is 2.37. The average Bonchev–Trinajstić information content (AvgIpc) is 2.93. The van der Waals surface area contributed by atoms with Crippen LogP contribution in [0, 0.1) is 0 Å². The van der Waals surface area contributed by atoms with Gasteiger partial charge in [-0.25, -0.2) is 4.79 Å². The van der Waals surface area contributed by atoms with Crippen LogP contribution in [0.25, 0.3) is 0 Å². The molecule has 1 fully saturated rings. The SMILES string of the molecule is COc1cc2c(cc1OC)CN1C(=O)N(CCCC(=O)NCCO)C(=O)[C@H]1C2. The standard InChI is InChI=1S/C19H25N3O6/c1-27-15-9-12-8-14-18(25)21(6-3-4-17(24)20-5-7-23)19(26)22(14)11-13(12)10-16(15)28-2/h9-10,14,23H,3-8,11H2,1-2H3,(H,20,24)/t14-/m1/s1. The molecule has 0 bridgehead atoms. The van der Waals surface area contributed by atoms with E-state index >= 15 is 0 Å². The van der Waals surface area contributed by atoms with Crippen LogP contribution < -0.4 is 14.8 Å². The minimum absolute atomic E-state index is 0.123. The van der Waals surface area contributed by atoms with Crippen LogP contribution in [0.2, 0.25) is 0 Å². The van der Waals surface area contributed by atoms with Gasteiger partial charge in [0.15, 0.2) is 11.5 Å². The van der Waals surface area contributed by atoms with Crippen LogP contribution in [-0.4, -0.2) is 72.7 Å². The number of nitrogens with zero attached hydrogens (tertiary/aromatic N) is 2. The average molecular weight is 391 g/mol. The van der Waals surface area contributed by atoms with Gasteiger partial charge in [-0.3, -0.25) is 14.5 Å². The summed E-state index contributed by atoms with van der Waals surface area (Å²) >= 11 is 0. The van der Waals surface area contributed by atoms with E-state index in [1.54, 1.807) is 19.1 Å². The second kappa shape index (κ2) is 8.47. The summed E-state index contributed by atoms with van der Waals surface area (Å²) in [5.74, 6) is 0.735. The van der Waals surface area contributed by atoms with Crippen molar-refractivity contribution < 1.29 is 29.0 Å². The molecule has 1 aromatic rings. The summed E-state index contributed by atoms with van der Waals surface area (Å²) in [5, 5.41) is 11.3. The van der Waals surface area contributed by atoms with Crippen molar-refractivity contribution in [2.75, 3.05) is 33.9 Å².